The Morgan fingerprint density at radius 1 is 0.967 bits per heavy atom. The number of rotatable bonds is 7. The molecule has 0 saturated carbocycles. The fraction of sp³-hybridized carbons (Fsp3) is 0.200. The lowest BCUT2D eigenvalue weighted by atomic mass is 9.74. The molecule has 1 unspecified atom stereocenters. The van der Waals surface area contributed by atoms with Crippen molar-refractivity contribution in [3.05, 3.63) is 89.4 Å². The molecule has 5 heteroatoms. The number of carbonyl (C=O) groups excluding carboxylic acids is 1. The summed E-state index contributed by atoms with van der Waals surface area (Å²) in [6.07, 6.45) is 0.208. The Bertz CT molecular complexity index is 1040. The van der Waals surface area contributed by atoms with Gasteiger partial charge in [-0.05, 0) is 60.0 Å². The molecule has 0 amide bonds. The van der Waals surface area contributed by atoms with Crippen molar-refractivity contribution < 1.29 is 14.3 Å². The minimum absolute atomic E-state index is 0.208. The van der Waals surface area contributed by atoms with Crippen molar-refractivity contribution >= 4 is 17.6 Å². The van der Waals surface area contributed by atoms with Gasteiger partial charge in [0.2, 0.25) is 0 Å². The standard InChI is InChI=1S/C25H22ClNO3/c1-18(2)25(17-27,24(28)30-22-13-11-20(26)12-14-22)16-19-7-6-10-23(15-19)29-21-8-4-3-5-9-21/h3-15,18H,16H2,1-2H3. The number of halogens is 1. The molecule has 0 aliphatic carbocycles. The van der Waals surface area contributed by atoms with Crippen molar-refractivity contribution in [2.75, 3.05) is 0 Å². The Morgan fingerprint density at radius 2 is 1.63 bits per heavy atom. The summed E-state index contributed by atoms with van der Waals surface area (Å²) >= 11 is 5.89. The molecular weight excluding hydrogens is 398 g/mol. The number of para-hydroxylation sites is 1. The van der Waals surface area contributed by atoms with Gasteiger partial charge in [0.05, 0.1) is 6.07 Å². The van der Waals surface area contributed by atoms with Crippen LogP contribution in [0.5, 0.6) is 17.2 Å². The summed E-state index contributed by atoms with van der Waals surface area (Å²) < 4.78 is 11.4. The Kier molecular flexibility index (Phi) is 6.76. The Morgan fingerprint density at radius 3 is 2.27 bits per heavy atom. The van der Waals surface area contributed by atoms with Gasteiger partial charge in [-0.1, -0.05) is 55.8 Å². The van der Waals surface area contributed by atoms with E-state index in [0.29, 0.717) is 22.3 Å². The van der Waals surface area contributed by atoms with Gasteiger partial charge < -0.3 is 9.47 Å². The molecule has 0 aliphatic rings. The van der Waals surface area contributed by atoms with E-state index in [1.54, 1.807) is 24.3 Å². The van der Waals surface area contributed by atoms with Crippen molar-refractivity contribution in [1.82, 2.24) is 0 Å². The van der Waals surface area contributed by atoms with E-state index >= 15 is 0 Å². The van der Waals surface area contributed by atoms with E-state index < -0.39 is 11.4 Å². The zero-order valence-corrected chi connectivity index (χ0v) is 17.6. The second-order valence-corrected chi connectivity index (χ2v) is 7.76. The van der Waals surface area contributed by atoms with E-state index in [1.807, 2.05) is 68.4 Å². The minimum Gasteiger partial charge on any atom is -0.457 e. The lowest BCUT2D eigenvalue weighted by Gasteiger charge is -2.28. The largest absolute Gasteiger partial charge is 0.457 e. The lowest BCUT2D eigenvalue weighted by molar-refractivity contribution is -0.144. The summed E-state index contributed by atoms with van der Waals surface area (Å²) in [5.41, 5.74) is -0.530. The first-order chi connectivity index (χ1) is 14.4. The molecule has 1 atom stereocenters. The summed E-state index contributed by atoms with van der Waals surface area (Å²) in [5, 5.41) is 10.5. The molecular formula is C25H22ClNO3. The summed E-state index contributed by atoms with van der Waals surface area (Å²) in [5.74, 6) is 0.858. The highest BCUT2D eigenvalue weighted by atomic mass is 35.5. The maximum absolute atomic E-state index is 13.1. The number of benzene rings is 3. The van der Waals surface area contributed by atoms with Crippen LogP contribution in [0.3, 0.4) is 0 Å². The average molecular weight is 420 g/mol. The highest BCUT2D eigenvalue weighted by Gasteiger charge is 2.44. The molecule has 4 nitrogen and oxygen atoms in total. The molecule has 3 rings (SSSR count). The van der Waals surface area contributed by atoms with Gasteiger partial charge in [-0.25, -0.2) is 4.79 Å². The summed E-state index contributed by atoms with van der Waals surface area (Å²) in [4.78, 5) is 13.1. The van der Waals surface area contributed by atoms with Crippen molar-refractivity contribution in [2.24, 2.45) is 11.3 Å². The van der Waals surface area contributed by atoms with Gasteiger partial charge in [-0.2, -0.15) is 5.26 Å². The maximum Gasteiger partial charge on any atom is 0.332 e. The van der Waals surface area contributed by atoms with E-state index in [-0.39, 0.29) is 12.3 Å². The monoisotopic (exact) mass is 419 g/mol. The zero-order valence-electron chi connectivity index (χ0n) is 16.8. The molecule has 0 heterocycles. The second-order valence-electron chi connectivity index (χ2n) is 7.32. The minimum atomic E-state index is -1.34. The number of hydrogen-bond donors (Lipinski definition) is 0. The smallest absolute Gasteiger partial charge is 0.332 e. The van der Waals surface area contributed by atoms with Crippen LogP contribution < -0.4 is 9.47 Å². The normalized spacial score (nSPS) is 12.6. The quantitative estimate of drug-likeness (QED) is 0.326. The molecule has 3 aromatic carbocycles. The molecule has 0 fully saturated rings. The van der Waals surface area contributed by atoms with Crippen LogP contribution in [0.2, 0.25) is 5.02 Å². The predicted octanol–water partition coefficient (Wildman–Crippen LogP) is 6.45. The van der Waals surface area contributed by atoms with E-state index in [4.69, 9.17) is 21.1 Å². The second kappa shape index (κ2) is 9.47. The van der Waals surface area contributed by atoms with Crippen LogP contribution in [-0.2, 0) is 11.2 Å². The Balaban J connectivity index is 1.84. The molecule has 0 aliphatic heterocycles. The van der Waals surface area contributed by atoms with Gasteiger partial charge in [0, 0.05) is 11.4 Å². The number of ether oxygens (including phenoxy) is 2. The highest BCUT2D eigenvalue weighted by molar-refractivity contribution is 6.30. The van der Waals surface area contributed by atoms with Crippen LogP contribution >= 0.6 is 11.6 Å². The van der Waals surface area contributed by atoms with Gasteiger partial charge in [0.1, 0.15) is 17.2 Å². The summed E-state index contributed by atoms with van der Waals surface area (Å²) in [7, 11) is 0. The SMILES string of the molecule is CC(C)C(C#N)(Cc1cccc(Oc2ccccc2)c1)C(=O)Oc1ccc(Cl)cc1. The van der Waals surface area contributed by atoms with Crippen LogP contribution in [-0.4, -0.2) is 5.97 Å². The molecule has 0 spiro atoms. The van der Waals surface area contributed by atoms with Crippen LogP contribution in [0.4, 0.5) is 0 Å². The molecule has 0 radical (unpaired) electrons. The Labute approximate surface area is 181 Å². The van der Waals surface area contributed by atoms with Crippen molar-refractivity contribution in [3.63, 3.8) is 0 Å². The number of carbonyl (C=O) groups is 1. The number of esters is 1. The number of hydrogen-bond acceptors (Lipinski definition) is 4. The first-order valence-electron chi connectivity index (χ1n) is 9.64. The lowest BCUT2D eigenvalue weighted by Crippen LogP contribution is -2.40. The molecule has 0 saturated heterocycles. The molecule has 152 valence electrons. The van der Waals surface area contributed by atoms with Gasteiger partial charge >= 0.3 is 5.97 Å². The zero-order chi connectivity index (χ0) is 21.6. The van der Waals surface area contributed by atoms with Gasteiger partial charge in [-0.15, -0.1) is 0 Å². The number of nitriles is 1. The maximum atomic E-state index is 13.1. The van der Waals surface area contributed by atoms with E-state index in [0.717, 1.165) is 5.56 Å². The third kappa shape index (κ3) is 5.00. The van der Waals surface area contributed by atoms with Crippen molar-refractivity contribution in [1.29, 1.82) is 5.26 Å². The van der Waals surface area contributed by atoms with Gasteiger partial charge in [-0.3, -0.25) is 0 Å². The fourth-order valence-corrected chi connectivity index (χ4v) is 3.22. The highest BCUT2D eigenvalue weighted by Crippen LogP contribution is 2.35. The van der Waals surface area contributed by atoms with E-state index in [9.17, 15) is 10.1 Å². The molecule has 0 bridgehead atoms. The fourth-order valence-electron chi connectivity index (χ4n) is 3.09. The van der Waals surface area contributed by atoms with Crippen LogP contribution in [0.25, 0.3) is 0 Å². The summed E-state index contributed by atoms with van der Waals surface area (Å²) in [6.45, 7) is 3.69. The van der Waals surface area contributed by atoms with Crippen LogP contribution in [0, 0.1) is 22.7 Å². The van der Waals surface area contributed by atoms with Gasteiger partial charge in [0.15, 0.2) is 5.41 Å². The van der Waals surface area contributed by atoms with Gasteiger partial charge in [0.25, 0.3) is 0 Å². The predicted molar refractivity (Wildman–Crippen MR) is 117 cm³/mol. The topological polar surface area (TPSA) is 59.3 Å². The van der Waals surface area contributed by atoms with Crippen molar-refractivity contribution in [2.45, 2.75) is 20.3 Å². The average Bonchev–Trinajstić information content (AvgIpc) is 2.74. The summed E-state index contributed by atoms with van der Waals surface area (Å²) in [6, 6.07) is 25.6. The Hall–Kier alpha value is -3.29. The molecule has 3 aromatic rings. The third-order valence-electron chi connectivity index (χ3n) is 4.93. The first-order valence-corrected chi connectivity index (χ1v) is 10.0. The third-order valence-corrected chi connectivity index (χ3v) is 5.19. The van der Waals surface area contributed by atoms with E-state index in [2.05, 4.69) is 6.07 Å². The molecule has 30 heavy (non-hydrogen) atoms. The van der Waals surface area contributed by atoms with Crippen LogP contribution in [0.1, 0.15) is 19.4 Å². The molecule has 0 N–H and O–H groups in total. The van der Waals surface area contributed by atoms with Crippen LogP contribution in [0.15, 0.2) is 78.9 Å². The number of nitrogens with zero attached hydrogens (tertiary/aromatic N) is 1. The first kappa shape index (κ1) is 21.4. The molecule has 0 aromatic heterocycles. The van der Waals surface area contributed by atoms with Crippen molar-refractivity contribution in [3.8, 4) is 23.3 Å². The van der Waals surface area contributed by atoms with E-state index in [1.165, 1.54) is 0 Å².